The fraction of sp³-hybridized carbons (Fsp3) is 0.444. The Morgan fingerprint density at radius 1 is 1.22 bits per heavy atom. The Bertz CT molecular complexity index is 715. The lowest BCUT2D eigenvalue weighted by molar-refractivity contribution is -0.757. The molecule has 0 fully saturated rings. The van der Waals surface area contributed by atoms with E-state index < -0.39 is 29.2 Å². The second-order valence-corrected chi connectivity index (χ2v) is 4.26. The SMILES string of the molecule is Cc1cc(C)n(-c2nnc(N(CCO[N+](=O)[O-])[N+](=O)[O-])nn2)n1. The van der Waals surface area contributed by atoms with Gasteiger partial charge >= 0.3 is 5.95 Å². The maximum atomic E-state index is 10.9. The number of aryl methyl sites for hydroxylation is 2. The van der Waals surface area contributed by atoms with Gasteiger partial charge in [0, 0.05) is 5.69 Å². The van der Waals surface area contributed by atoms with E-state index in [2.05, 4.69) is 30.3 Å². The van der Waals surface area contributed by atoms with Crippen molar-refractivity contribution >= 4 is 5.95 Å². The van der Waals surface area contributed by atoms with Gasteiger partial charge in [0.05, 0.1) is 5.69 Å². The minimum Gasteiger partial charge on any atom is -0.312 e. The van der Waals surface area contributed by atoms with Crippen LogP contribution in [0.3, 0.4) is 0 Å². The molecule has 0 aliphatic carbocycles. The fourth-order valence-corrected chi connectivity index (χ4v) is 1.69. The Kier molecular flexibility index (Phi) is 4.53. The van der Waals surface area contributed by atoms with Crippen LogP contribution < -0.4 is 5.01 Å². The van der Waals surface area contributed by atoms with Gasteiger partial charge in [0.15, 0.2) is 5.03 Å². The molecule has 0 atom stereocenters. The van der Waals surface area contributed by atoms with Crippen LogP contribution in [0.15, 0.2) is 6.07 Å². The van der Waals surface area contributed by atoms with Crippen LogP contribution in [0.1, 0.15) is 11.4 Å². The molecule has 23 heavy (non-hydrogen) atoms. The summed E-state index contributed by atoms with van der Waals surface area (Å²) in [4.78, 5) is 25.0. The molecule has 2 rings (SSSR count). The molecule has 0 radical (unpaired) electrons. The molecular weight excluding hydrogens is 314 g/mol. The summed E-state index contributed by atoms with van der Waals surface area (Å²) in [6, 6.07) is 1.79. The van der Waals surface area contributed by atoms with Crippen molar-refractivity contribution in [3.8, 4) is 5.95 Å². The van der Waals surface area contributed by atoms with Gasteiger partial charge < -0.3 is 4.84 Å². The van der Waals surface area contributed by atoms with E-state index in [1.807, 2.05) is 0 Å². The highest BCUT2D eigenvalue weighted by molar-refractivity contribution is 5.23. The zero-order valence-corrected chi connectivity index (χ0v) is 12.1. The second kappa shape index (κ2) is 6.54. The fourth-order valence-electron chi connectivity index (χ4n) is 1.69. The van der Waals surface area contributed by atoms with Crippen LogP contribution in [0.25, 0.3) is 5.95 Å². The van der Waals surface area contributed by atoms with Crippen LogP contribution in [0.4, 0.5) is 5.95 Å². The summed E-state index contributed by atoms with van der Waals surface area (Å²) in [5.74, 6) is -0.378. The maximum Gasteiger partial charge on any atom is 0.325 e. The van der Waals surface area contributed by atoms with Crippen molar-refractivity contribution in [2.45, 2.75) is 13.8 Å². The molecule has 0 aliphatic heterocycles. The standard InChI is InChI=1S/C9H11N9O5/c1-6-5-7(2)16(14-6)9-12-10-8(11-13-9)15(17(19)20)3-4-23-18(21)22/h5H,3-4H2,1-2H3. The van der Waals surface area contributed by atoms with E-state index in [1.165, 1.54) is 4.68 Å². The van der Waals surface area contributed by atoms with Crippen LogP contribution in [0, 0.1) is 34.1 Å². The maximum absolute atomic E-state index is 10.9. The third kappa shape index (κ3) is 3.80. The first-order valence-electron chi connectivity index (χ1n) is 6.18. The van der Waals surface area contributed by atoms with Crippen molar-refractivity contribution in [2.24, 2.45) is 0 Å². The van der Waals surface area contributed by atoms with Gasteiger partial charge in [-0.15, -0.1) is 30.5 Å². The van der Waals surface area contributed by atoms with Gasteiger partial charge in [0.25, 0.3) is 11.0 Å². The van der Waals surface area contributed by atoms with E-state index >= 15 is 0 Å². The van der Waals surface area contributed by atoms with Gasteiger partial charge in [0.2, 0.25) is 0 Å². The summed E-state index contributed by atoms with van der Waals surface area (Å²) >= 11 is 0. The number of rotatable bonds is 7. The lowest BCUT2D eigenvalue weighted by Crippen LogP contribution is -2.35. The van der Waals surface area contributed by atoms with Gasteiger partial charge in [-0.05, 0) is 19.9 Å². The molecule has 2 aromatic rings. The summed E-state index contributed by atoms with van der Waals surface area (Å²) in [7, 11) is 0. The minimum absolute atomic E-state index is 0.0455. The molecule has 2 aromatic heterocycles. The topological polar surface area (TPSA) is 168 Å². The number of anilines is 1. The molecule has 0 amide bonds. The first-order valence-corrected chi connectivity index (χ1v) is 6.18. The first kappa shape index (κ1) is 15.9. The van der Waals surface area contributed by atoms with E-state index in [9.17, 15) is 20.2 Å². The highest BCUT2D eigenvalue weighted by atomic mass is 16.9. The Balaban J connectivity index is 2.17. The van der Waals surface area contributed by atoms with E-state index in [0.29, 0.717) is 5.01 Å². The normalized spacial score (nSPS) is 10.3. The summed E-state index contributed by atoms with van der Waals surface area (Å²) in [5, 5.41) is 38.3. The van der Waals surface area contributed by atoms with E-state index in [0.717, 1.165) is 11.4 Å². The highest BCUT2D eigenvalue weighted by Gasteiger charge is 2.23. The molecule has 14 heteroatoms. The third-order valence-corrected chi connectivity index (χ3v) is 2.58. The van der Waals surface area contributed by atoms with E-state index in [1.54, 1.807) is 19.9 Å². The summed E-state index contributed by atoms with van der Waals surface area (Å²) in [6.07, 6.45) is 0. The summed E-state index contributed by atoms with van der Waals surface area (Å²) in [6.45, 7) is 2.57. The number of aromatic nitrogens is 6. The average molecular weight is 325 g/mol. The number of nitrogens with zero attached hydrogens (tertiary/aromatic N) is 9. The van der Waals surface area contributed by atoms with Gasteiger partial charge in [-0.1, -0.05) is 5.01 Å². The first-order chi connectivity index (χ1) is 10.9. The summed E-state index contributed by atoms with van der Waals surface area (Å²) in [5.41, 5.74) is 1.48. The molecule has 0 unspecified atom stereocenters. The van der Waals surface area contributed by atoms with E-state index in [4.69, 9.17) is 0 Å². The Morgan fingerprint density at radius 2 is 1.87 bits per heavy atom. The average Bonchev–Trinajstić information content (AvgIpc) is 2.82. The zero-order chi connectivity index (χ0) is 17.0. The van der Waals surface area contributed by atoms with Crippen LogP contribution in [0.5, 0.6) is 0 Å². The van der Waals surface area contributed by atoms with Crippen LogP contribution in [0.2, 0.25) is 0 Å². The molecule has 0 N–H and O–H groups in total. The molecule has 0 saturated carbocycles. The smallest absolute Gasteiger partial charge is 0.312 e. The van der Waals surface area contributed by atoms with Crippen molar-refractivity contribution in [1.29, 1.82) is 0 Å². The summed E-state index contributed by atoms with van der Waals surface area (Å²) < 4.78 is 1.38. The van der Waals surface area contributed by atoms with Gasteiger partial charge in [-0.25, -0.2) is 14.8 Å². The molecule has 14 nitrogen and oxygen atoms in total. The molecule has 0 bridgehead atoms. The minimum atomic E-state index is -1.05. The quantitative estimate of drug-likeness (QED) is 0.464. The molecule has 0 aromatic carbocycles. The Morgan fingerprint density at radius 3 is 2.35 bits per heavy atom. The molecular formula is C9H11N9O5. The van der Waals surface area contributed by atoms with Crippen molar-refractivity contribution in [3.63, 3.8) is 0 Å². The number of hydrogen-bond donors (Lipinski definition) is 0. The predicted octanol–water partition coefficient (Wildman–Crippen LogP) is -0.724. The lowest BCUT2D eigenvalue weighted by Gasteiger charge is -2.10. The van der Waals surface area contributed by atoms with Gasteiger partial charge in [-0.2, -0.15) is 5.10 Å². The van der Waals surface area contributed by atoms with Crippen molar-refractivity contribution in [3.05, 3.63) is 37.7 Å². The third-order valence-electron chi connectivity index (χ3n) is 2.58. The largest absolute Gasteiger partial charge is 0.325 e. The molecule has 0 aliphatic rings. The highest BCUT2D eigenvalue weighted by Crippen LogP contribution is 2.08. The van der Waals surface area contributed by atoms with Gasteiger partial charge in [0.1, 0.15) is 13.2 Å². The van der Waals surface area contributed by atoms with Crippen molar-refractivity contribution in [1.82, 2.24) is 30.2 Å². The monoisotopic (exact) mass is 325 g/mol. The number of hydrazine groups is 1. The Labute approximate surface area is 127 Å². The molecule has 2 heterocycles. The predicted molar refractivity (Wildman–Crippen MR) is 71.5 cm³/mol. The van der Waals surface area contributed by atoms with Crippen LogP contribution >= 0.6 is 0 Å². The number of hydrogen-bond acceptors (Lipinski definition) is 10. The zero-order valence-electron chi connectivity index (χ0n) is 12.1. The molecule has 0 spiro atoms. The van der Waals surface area contributed by atoms with Crippen molar-refractivity contribution in [2.75, 3.05) is 18.2 Å². The van der Waals surface area contributed by atoms with Crippen LogP contribution in [-0.4, -0.2) is 53.4 Å². The molecule has 122 valence electrons. The van der Waals surface area contributed by atoms with Gasteiger partial charge in [-0.3, -0.25) is 0 Å². The van der Waals surface area contributed by atoms with E-state index in [-0.39, 0.29) is 5.95 Å². The number of nitro groups is 1. The lowest BCUT2D eigenvalue weighted by atomic mass is 10.4. The van der Waals surface area contributed by atoms with Crippen LogP contribution in [-0.2, 0) is 4.84 Å². The molecule has 0 saturated heterocycles. The van der Waals surface area contributed by atoms with Crippen molar-refractivity contribution < 1.29 is 15.0 Å². The Hall–Kier alpha value is -3.45. The second-order valence-electron chi connectivity index (χ2n) is 4.26.